The summed E-state index contributed by atoms with van der Waals surface area (Å²) in [5.41, 5.74) is 4.73. The van der Waals surface area contributed by atoms with Crippen LogP contribution in [0.15, 0.2) is 52.1 Å². The lowest BCUT2D eigenvalue weighted by atomic mass is 9.88. The second-order valence-corrected chi connectivity index (χ2v) is 8.45. The first kappa shape index (κ1) is 20.5. The minimum atomic E-state index is -0.0342. The van der Waals surface area contributed by atoms with Gasteiger partial charge in [0.2, 0.25) is 5.91 Å². The Bertz CT molecular complexity index is 1030. The first-order chi connectivity index (χ1) is 14.6. The molecule has 1 atom stereocenters. The van der Waals surface area contributed by atoms with Crippen LogP contribution in [0.4, 0.5) is 0 Å². The van der Waals surface area contributed by atoms with E-state index in [0.717, 1.165) is 36.1 Å². The Hall–Kier alpha value is -2.80. The van der Waals surface area contributed by atoms with Gasteiger partial charge in [0, 0.05) is 0 Å². The maximum Gasteiger partial charge on any atom is 0.277 e. The van der Waals surface area contributed by atoms with E-state index in [9.17, 15) is 4.79 Å². The van der Waals surface area contributed by atoms with Gasteiger partial charge in [-0.25, -0.2) is 0 Å². The van der Waals surface area contributed by atoms with Crippen molar-refractivity contribution < 1.29 is 13.9 Å². The molecule has 0 spiro atoms. The van der Waals surface area contributed by atoms with E-state index in [-0.39, 0.29) is 24.3 Å². The van der Waals surface area contributed by atoms with Gasteiger partial charge in [-0.05, 0) is 61.4 Å². The number of carbonyl (C=O) groups is 1. The maximum atomic E-state index is 12.4. The minimum absolute atomic E-state index is 0.0342. The van der Waals surface area contributed by atoms with E-state index >= 15 is 0 Å². The van der Waals surface area contributed by atoms with Crippen LogP contribution in [0.1, 0.15) is 47.0 Å². The third-order valence-corrected chi connectivity index (χ3v) is 5.99. The molecule has 6 nitrogen and oxygen atoms in total. The van der Waals surface area contributed by atoms with Gasteiger partial charge in [-0.1, -0.05) is 48.2 Å². The molecule has 0 saturated carbocycles. The molecule has 30 heavy (non-hydrogen) atoms. The van der Waals surface area contributed by atoms with Crippen LogP contribution in [0.2, 0.25) is 0 Å². The van der Waals surface area contributed by atoms with E-state index in [0.29, 0.717) is 11.1 Å². The van der Waals surface area contributed by atoms with Crippen LogP contribution in [0.3, 0.4) is 0 Å². The minimum Gasteiger partial charge on any atom is -0.484 e. The number of amides is 1. The van der Waals surface area contributed by atoms with E-state index in [1.54, 1.807) is 0 Å². The van der Waals surface area contributed by atoms with Crippen LogP contribution in [0.5, 0.6) is 5.75 Å². The molecule has 1 heterocycles. The molecule has 1 aliphatic rings. The number of nitrogens with zero attached hydrogens (tertiary/aromatic N) is 2. The summed E-state index contributed by atoms with van der Waals surface area (Å²) in [6.07, 6.45) is 3.13. The van der Waals surface area contributed by atoms with Crippen molar-refractivity contribution in [3.63, 3.8) is 0 Å². The number of hydrogen-bond acceptors (Lipinski definition) is 6. The molecular weight excluding hydrogens is 398 g/mol. The fourth-order valence-corrected chi connectivity index (χ4v) is 4.22. The number of carbonyl (C=O) groups excluding carboxylic acids is 1. The average Bonchev–Trinajstić information content (AvgIpc) is 3.21. The van der Waals surface area contributed by atoms with Gasteiger partial charge in [-0.2, -0.15) is 0 Å². The Morgan fingerprint density at radius 3 is 3.00 bits per heavy atom. The molecule has 1 aliphatic carbocycles. The highest BCUT2D eigenvalue weighted by Gasteiger charge is 2.21. The standard InChI is InChI=1S/C23H25N3O3S/c1-15-10-11-16(2)20(12-15)28-13-22-25-26-23(29-22)30-14-21(27)24-19-9-5-7-17-6-3-4-8-18(17)19/h3-4,6,8,10-12,19H,5,7,9,13-14H2,1-2H3,(H,24,27). The fourth-order valence-electron chi connectivity index (χ4n) is 3.62. The highest BCUT2D eigenvalue weighted by Crippen LogP contribution is 2.29. The number of fused-ring (bicyclic) bond motifs is 1. The molecule has 0 radical (unpaired) electrons. The molecule has 0 saturated heterocycles. The fraction of sp³-hybridized carbons (Fsp3) is 0.348. The molecule has 1 aromatic heterocycles. The van der Waals surface area contributed by atoms with Gasteiger partial charge < -0.3 is 14.5 Å². The normalized spacial score (nSPS) is 15.5. The van der Waals surface area contributed by atoms with Gasteiger partial charge in [-0.15, -0.1) is 10.2 Å². The van der Waals surface area contributed by atoms with Crippen molar-refractivity contribution in [2.45, 2.75) is 51.0 Å². The molecule has 7 heteroatoms. The summed E-state index contributed by atoms with van der Waals surface area (Å²) in [7, 11) is 0. The third kappa shape index (κ3) is 5.02. The lowest BCUT2D eigenvalue weighted by molar-refractivity contribution is -0.119. The van der Waals surface area contributed by atoms with E-state index < -0.39 is 0 Å². The summed E-state index contributed by atoms with van der Waals surface area (Å²) in [5, 5.41) is 11.5. The Labute approximate surface area is 180 Å². The van der Waals surface area contributed by atoms with E-state index in [4.69, 9.17) is 9.15 Å². The predicted octanol–water partition coefficient (Wildman–Crippen LogP) is 4.55. The summed E-state index contributed by atoms with van der Waals surface area (Å²) in [5.74, 6) is 1.39. The lowest BCUT2D eigenvalue weighted by Gasteiger charge is -2.26. The number of ether oxygens (including phenoxy) is 1. The number of rotatable bonds is 7. The summed E-state index contributed by atoms with van der Waals surface area (Å²) in [4.78, 5) is 12.4. The number of aromatic nitrogens is 2. The summed E-state index contributed by atoms with van der Waals surface area (Å²) < 4.78 is 11.4. The summed E-state index contributed by atoms with van der Waals surface area (Å²) in [6.45, 7) is 4.21. The van der Waals surface area contributed by atoms with E-state index in [1.807, 2.05) is 38.1 Å². The number of hydrogen-bond donors (Lipinski definition) is 1. The Morgan fingerprint density at radius 2 is 2.10 bits per heavy atom. The SMILES string of the molecule is Cc1ccc(C)c(OCc2nnc(SCC(=O)NC3CCCc4ccccc43)o2)c1. The lowest BCUT2D eigenvalue weighted by Crippen LogP contribution is -2.32. The van der Waals surface area contributed by atoms with Crippen molar-refractivity contribution in [2.24, 2.45) is 0 Å². The second kappa shape index (κ2) is 9.34. The predicted molar refractivity (Wildman–Crippen MR) is 116 cm³/mol. The monoisotopic (exact) mass is 423 g/mol. The summed E-state index contributed by atoms with van der Waals surface area (Å²) in [6, 6.07) is 14.4. The largest absolute Gasteiger partial charge is 0.484 e. The number of aryl methyl sites for hydroxylation is 3. The van der Waals surface area contributed by atoms with E-state index in [1.165, 1.54) is 22.9 Å². The van der Waals surface area contributed by atoms with Crippen molar-refractivity contribution in [3.8, 4) is 5.75 Å². The molecule has 1 amide bonds. The highest BCUT2D eigenvalue weighted by molar-refractivity contribution is 7.99. The molecule has 0 fully saturated rings. The summed E-state index contributed by atoms with van der Waals surface area (Å²) >= 11 is 1.24. The maximum absolute atomic E-state index is 12.4. The molecule has 1 N–H and O–H groups in total. The van der Waals surface area contributed by atoms with Crippen molar-refractivity contribution in [1.82, 2.24) is 15.5 Å². The molecule has 0 bridgehead atoms. The molecule has 156 valence electrons. The van der Waals surface area contributed by atoms with Crippen LogP contribution in [-0.2, 0) is 17.8 Å². The van der Waals surface area contributed by atoms with Crippen molar-refractivity contribution in [1.29, 1.82) is 0 Å². The van der Waals surface area contributed by atoms with Gasteiger partial charge in [0.25, 0.3) is 11.1 Å². The Morgan fingerprint density at radius 1 is 1.23 bits per heavy atom. The number of thioether (sulfide) groups is 1. The van der Waals surface area contributed by atoms with Gasteiger partial charge in [0.15, 0.2) is 6.61 Å². The molecule has 3 aromatic rings. The zero-order chi connectivity index (χ0) is 20.9. The van der Waals surface area contributed by atoms with Crippen LogP contribution >= 0.6 is 11.8 Å². The zero-order valence-electron chi connectivity index (χ0n) is 17.2. The van der Waals surface area contributed by atoms with Crippen LogP contribution in [0, 0.1) is 13.8 Å². The van der Waals surface area contributed by atoms with Crippen LogP contribution < -0.4 is 10.1 Å². The molecule has 4 rings (SSSR count). The molecular formula is C23H25N3O3S. The number of nitrogens with one attached hydrogen (secondary N) is 1. The third-order valence-electron chi connectivity index (χ3n) is 5.17. The highest BCUT2D eigenvalue weighted by atomic mass is 32.2. The van der Waals surface area contributed by atoms with Gasteiger partial charge in [0.05, 0.1) is 11.8 Å². The van der Waals surface area contributed by atoms with Gasteiger partial charge in [0.1, 0.15) is 5.75 Å². The molecule has 1 unspecified atom stereocenters. The van der Waals surface area contributed by atoms with Crippen LogP contribution in [0.25, 0.3) is 0 Å². The van der Waals surface area contributed by atoms with Gasteiger partial charge in [-0.3, -0.25) is 4.79 Å². The Kier molecular flexibility index (Phi) is 6.38. The first-order valence-corrected chi connectivity index (χ1v) is 11.1. The average molecular weight is 424 g/mol. The van der Waals surface area contributed by atoms with Gasteiger partial charge >= 0.3 is 0 Å². The quantitative estimate of drug-likeness (QED) is 0.562. The van der Waals surface area contributed by atoms with Crippen molar-refractivity contribution in [3.05, 3.63) is 70.6 Å². The number of benzene rings is 2. The Balaban J connectivity index is 1.27. The smallest absolute Gasteiger partial charge is 0.277 e. The zero-order valence-corrected chi connectivity index (χ0v) is 18.0. The van der Waals surface area contributed by atoms with E-state index in [2.05, 4.69) is 33.7 Å². The first-order valence-electron chi connectivity index (χ1n) is 10.1. The molecule has 0 aliphatic heterocycles. The van der Waals surface area contributed by atoms with Crippen molar-refractivity contribution >= 4 is 17.7 Å². The molecule has 2 aromatic carbocycles. The topological polar surface area (TPSA) is 77.2 Å². The van der Waals surface area contributed by atoms with Crippen molar-refractivity contribution in [2.75, 3.05) is 5.75 Å². The second-order valence-electron chi connectivity index (χ2n) is 7.52. The van der Waals surface area contributed by atoms with Crippen LogP contribution in [-0.4, -0.2) is 21.9 Å².